The highest BCUT2D eigenvalue weighted by Gasteiger charge is 2.36. The molecule has 12 nitrogen and oxygen atoms in total. The molecule has 2 aliphatic carbocycles. The SMILES string of the molecule is COc1cc(/C=C2\CCCN([C@@H]3Cc4cccc(OC)c4C3)C2=O)ccc1-n1cnc(C)c1.COc1cc(/C=C2\CCCN([C@H]3Cc4cccc(OC)c4C3)C2=O)ccc1-n1cnc(C)c1. The Balaban J connectivity index is 0.000000166. The molecule has 0 radical (unpaired) electrons. The van der Waals surface area contributed by atoms with E-state index < -0.39 is 0 Å². The first-order chi connectivity index (χ1) is 32.1. The molecule has 4 heterocycles. The monoisotopic (exact) mass is 886 g/mol. The van der Waals surface area contributed by atoms with Gasteiger partial charge in [-0.2, -0.15) is 0 Å². The van der Waals surface area contributed by atoms with Crippen LogP contribution in [-0.2, 0) is 35.3 Å². The number of amides is 2. The summed E-state index contributed by atoms with van der Waals surface area (Å²) in [6.45, 7) is 5.53. The van der Waals surface area contributed by atoms with Gasteiger partial charge in [-0.05, 0) is 147 Å². The van der Waals surface area contributed by atoms with Crippen LogP contribution in [0, 0.1) is 13.8 Å². The van der Waals surface area contributed by atoms with Crippen LogP contribution in [0.2, 0.25) is 0 Å². The number of rotatable bonds is 10. The highest BCUT2D eigenvalue weighted by molar-refractivity contribution is 5.99. The van der Waals surface area contributed by atoms with Crippen LogP contribution in [-0.4, -0.2) is 94.3 Å². The third-order valence-electron chi connectivity index (χ3n) is 13.4. The van der Waals surface area contributed by atoms with Gasteiger partial charge in [0.25, 0.3) is 0 Å². The van der Waals surface area contributed by atoms with E-state index in [9.17, 15) is 9.59 Å². The summed E-state index contributed by atoms with van der Waals surface area (Å²) in [4.78, 5) is 39.6. The van der Waals surface area contributed by atoms with Gasteiger partial charge in [0.05, 0.1) is 63.9 Å². The lowest BCUT2D eigenvalue weighted by molar-refractivity contribution is -0.131. The second-order valence-corrected chi connectivity index (χ2v) is 17.6. The van der Waals surface area contributed by atoms with E-state index in [4.69, 9.17) is 18.9 Å². The first-order valence-corrected chi connectivity index (χ1v) is 22.8. The van der Waals surface area contributed by atoms with Crippen LogP contribution in [0.3, 0.4) is 0 Å². The fraction of sp³-hybridized carbons (Fsp3) is 0.333. The third kappa shape index (κ3) is 8.96. The molecule has 4 aromatic carbocycles. The number of hydrogen-bond acceptors (Lipinski definition) is 8. The van der Waals surface area contributed by atoms with Crippen molar-refractivity contribution in [3.05, 3.63) is 154 Å². The minimum atomic E-state index is 0.145. The number of carbonyl (C=O) groups is 2. The number of hydrogen-bond donors (Lipinski definition) is 0. The molecule has 0 N–H and O–H groups in total. The molecule has 2 saturated heterocycles. The molecular weight excluding hydrogens is 829 g/mol. The Bertz CT molecular complexity index is 2650. The Morgan fingerprint density at radius 3 is 1.35 bits per heavy atom. The minimum Gasteiger partial charge on any atom is -0.496 e. The Morgan fingerprint density at radius 2 is 0.970 bits per heavy atom. The second kappa shape index (κ2) is 19.2. The van der Waals surface area contributed by atoms with E-state index in [1.807, 2.05) is 108 Å². The molecule has 340 valence electrons. The number of likely N-dealkylation sites (tertiary alicyclic amines) is 2. The molecule has 6 aromatic rings. The zero-order chi connectivity index (χ0) is 45.9. The average Bonchev–Trinajstić information content (AvgIpc) is 4.17. The number of nitrogens with zero attached hydrogens (tertiary/aromatic N) is 6. The molecule has 0 unspecified atom stereocenters. The van der Waals surface area contributed by atoms with E-state index in [1.54, 1.807) is 41.1 Å². The van der Waals surface area contributed by atoms with Gasteiger partial charge < -0.3 is 37.9 Å². The first-order valence-electron chi connectivity index (χ1n) is 22.8. The van der Waals surface area contributed by atoms with E-state index in [0.717, 1.165) is 132 Å². The summed E-state index contributed by atoms with van der Waals surface area (Å²) in [5.41, 5.74) is 12.5. The number of piperidine rings is 2. The summed E-state index contributed by atoms with van der Waals surface area (Å²) in [6.07, 6.45) is 18.5. The molecule has 2 atom stereocenters. The van der Waals surface area contributed by atoms with Gasteiger partial charge in [-0.25, -0.2) is 9.97 Å². The molecule has 12 heteroatoms. The van der Waals surface area contributed by atoms with Gasteiger partial charge in [-0.1, -0.05) is 36.4 Å². The van der Waals surface area contributed by atoms with E-state index in [-0.39, 0.29) is 23.9 Å². The van der Waals surface area contributed by atoms with Gasteiger partial charge in [0.15, 0.2) is 0 Å². The third-order valence-corrected chi connectivity index (χ3v) is 13.4. The molecule has 0 spiro atoms. The van der Waals surface area contributed by atoms with Crippen LogP contribution in [0.4, 0.5) is 0 Å². The van der Waals surface area contributed by atoms with Gasteiger partial charge in [0.2, 0.25) is 11.8 Å². The highest BCUT2D eigenvalue weighted by Crippen LogP contribution is 2.37. The number of ether oxygens (including phenoxy) is 4. The van der Waals surface area contributed by atoms with Crippen molar-refractivity contribution >= 4 is 24.0 Å². The maximum atomic E-state index is 13.5. The number of fused-ring (bicyclic) bond motifs is 2. The summed E-state index contributed by atoms with van der Waals surface area (Å²) in [7, 11) is 6.75. The zero-order valence-electron chi connectivity index (χ0n) is 38.8. The first kappa shape index (κ1) is 44.1. The second-order valence-electron chi connectivity index (χ2n) is 17.6. The van der Waals surface area contributed by atoms with E-state index in [0.29, 0.717) is 0 Å². The van der Waals surface area contributed by atoms with Crippen molar-refractivity contribution in [2.24, 2.45) is 0 Å². The van der Waals surface area contributed by atoms with E-state index in [2.05, 4.69) is 31.9 Å². The van der Waals surface area contributed by atoms with Crippen molar-refractivity contribution in [2.45, 2.75) is 77.3 Å². The zero-order valence-corrected chi connectivity index (χ0v) is 38.8. The number of carbonyl (C=O) groups excluding carboxylic acids is 2. The van der Waals surface area contributed by atoms with Crippen LogP contribution in [0.15, 0.2) is 109 Å². The van der Waals surface area contributed by atoms with Crippen LogP contribution in [0.5, 0.6) is 23.0 Å². The standard InChI is InChI=1S/2C27H29N3O3/c2*1-18-16-29(17-28-18)24-10-9-19(13-26(24)33-3)12-21-7-5-11-30(27(21)31)22-14-20-6-4-8-25(32-2)23(20)15-22/h2*4,6,8-10,12-13,16-17,22H,5,7,11,14-15H2,1-3H3/b2*21-12+/t2*22-/m10/s1. The number of methoxy groups -OCH3 is 4. The van der Waals surface area contributed by atoms with Gasteiger partial charge in [-0.3, -0.25) is 9.59 Å². The van der Waals surface area contributed by atoms with E-state index in [1.165, 1.54) is 22.3 Å². The smallest absolute Gasteiger partial charge is 0.250 e. The number of aryl methyl sites for hydroxylation is 2. The summed E-state index contributed by atoms with van der Waals surface area (Å²) < 4.78 is 26.3. The Labute approximate surface area is 387 Å². The quantitative estimate of drug-likeness (QED) is 0.126. The molecule has 2 aromatic heterocycles. The number of benzene rings is 4. The number of aromatic nitrogens is 4. The maximum Gasteiger partial charge on any atom is 0.250 e. The largest absolute Gasteiger partial charge is 0.496 e. The molecular formula is C54H58N6O6. The van der Waals surface area contributed by atoms with Crippen molar-refractivity contribution in [3.8, 4) is 34.4 Å². The van der Waals surface area contributed by atoms with Gasteiger partial charge in [0, 0.05) is 48.7 Å². The topological polar surface area (TPSA) is 113 Å². The summed E-state index contributed by atoms with van der Waals surface area (Å²) in [5.74, 6) is 3.64. The van der Waals surface area contributed by atoms with Gasteiger partial charge in [0.1, 0.15) is 23.0 Å². The van der Waals surface area contributed by atoms with E-state index >= 15 is 0 Å². The predicted molar refractivity (Wildman–Crippen MR) is 256 cm³/mol. The molecule has 0 bridgehead atoms. The Kier molecular flexibility index (Phi) is 12.8. The minimum absolute atomic E-state index is 0.145. The van der Waals surface area contributed by atoms with Crippen molar-refractivity contribution in [2.75, 3.05) is 41.5 Å². The van der Waals surface area contributed by atoms with Crippen LogP contribution < -0.4 is 18.9 Å². The fourth-order valence-electron chi connectivity index (χ4n) is 10.1. The number of imidazole rings is 2. The predicted octanol–water partition coefficient (Wildman–Crippen LogP) is 8.74. The van der Waals surface area contributed by atoms with Crippen LogP contribution in [0.1, 0.15) is 70.5 Å². The maximum absolute atomic E-state index is 13.5. The fourth-order valence-corrected chi connectivity index (χ4v) is 10.1. The van der Waals surface area contributed by atoms with Gasteiger partial charge in [-0.15, -0.1) is 0 Å². The van der Waals surface area contributed by atoms with Crippen molar-refractivity contribution < 1.29 is 28.5 Å². The highest BCUT2D eigenvalue weighted by atomic mass is 16.5. The average molecular weight is 887 g/mol. The van der Waals surface area contributed by atoms with Crippen molar-refractivity contribution in [3.63, 3.8) is 0 Å². The molecule has 4 aliphatic rings. The lowest BCUT2D eigenvalue weighted by atomic mass is 9.98. The molecule has 66 heavy (non-hydrogen) atoms. The molecule has 2 amide bonds. The molecule has 2 aliphatic heterocycles. The lowest BCUT2D eigenvalue weighted by Gasteiger charge is -2.33. The van der Waals surface area contributed by atoms with Crippen molar-refractivity contribution in [1.29, 1.82) is 0 Å². The van der Waals surface area contributed by atoms with Crippen molar-refractivity contribution in [1.82, 2.24) is 28.9 Å². The summed E-state index contributed by atoms with van der Waals surface area (Å²) in [5, 5.41) is 0. The van der Waals surface area contributed by atoms with Gasteiger partial charge >= 0.3 is 0 Å². The van der Waals surface area contributed by atoms with Crippen LogP contribution >= 0.6 is 0 Å². The lowest BCUT2D eigenvalue weighted by Crippen LogP contribution is -2.44. The summed E-state index contributed by atoms with van der Waals surface area (Å²) >= 11 is 0. The molecule has 0 saturated carbocycles. The van der Waals surface area contributed by atoms with Crippen LogP contribution in [0.25, 0.3) is 23.5 Å². The molecule has 2 fully saturated rings. The Hall–Kier alpha value is -7.08. The molecule has 10 rings (SSSR count). The Morgan fingerprint density at radius 1 is 0.545 bits per heavy atom. The normalized spacial score (nSPS) is 19.1. The summed E-state index contributed by atoms with van der Waals surface area (Å²) in [6, 6.07) is 24.8.